The first kappa shape index (κ1) is 19.0. The predicted octanol–water partition coefficient (Wildman–Crippen LogP) is -0.510. The van der Waals surface area contributed by atoms with Gasteiger partial charge in [-0.25, -0.2) is 4.79 Å². The molecule has 0 aromatic heterocycles. The molecule has 1 aliphatic rings. The lowest BCUT2D eigenvalue weighted by atomic mass is 10.1. The van der Waals surface area contributed by atoms with Crippen molar-refractivity contribution in [3.05, 3.63) is 0 Å². The van der Waals surface area contributed by atoms with Crippen LogP contribution in [0.25, 0.3) is 0 Å². The molecule has 10 nitrogen and oxygen atoms in total. The van der Waals surface area contributed by atoms with Crippen LogP contribution in [-0.2, 0) is 29.3 Å². The van der Waals surface area contributed by atoms with E-state index in [1.54, 1.807) is 0 Å². The number of carboxylic acids is 2. The monoisotopic (exact) mass is 351 g/mol. The third kappa shape index (κ3) is 4.99. The fraction of sp³-hybridized carbons (Fsp3) is 0.667. The van der Waals surface area contributed by atoms with E-state index in [0.29, 0.717) is 17.7 Å². The lowest BCUT2D eigenvalue weighted by molar-refractivity contribution is -0.154. The molecule has 0 saturated carbocycles. The van der Waals surface area contributed by atoms with E-state index in [2.05, 4.69) is 0 Å². The van der Waals surface area contributed by atoms with Crippen LogP contribution in [0, 0.1) is 0 Å². The highest BCUT2D eigenvalue weighted by atomic mass is 32.2. The number of aliphatic carboxylic acids is 2. The summed E-state index contributed by atoms with van der Waals surface area (Å²) in [5, 5.41) is 15.7. The highest BCUT2D eigenvalue weighted by Gasteiger charge is 2.49. The molecule has 1 heterocycles. The summed E-state index contributed by atoms with van der Waals surface area (Å²) in [7, 11) is -4.79. The lowest BCUT2D eigenvalue weighted by Gasteiger charge is -2.22. The van der Waals surface area contributed by atoms with Crippen LogP contribution in [0.4, 0.5) is 0 Å². The molecule has 1 aliphatic heterocycles. The zero-order valence-electron chi connectivity index (χ0n) is 12.0. The van der Waals surface area contributed by atoms with Gasteiger partial charge in [0, 0.05) is 6.42 Å². The normalized spacial score (nSPS) is 19.9. The van der Waals surface area contributed by atoms with Gasteiger partial charge in [0.25, 0.3) is 16.0 Å². The average Bonchev–Trinajstić information content (AvgIpc) is 2.69. The topological polar surface area (TPSA) is 166 Å². The lowest BCUT2D eigenvalue weighted by Crippen LogP contribution is -2.46. The van der Waals surface area contributed by atoms with Gasteiger partial charge < -0.3 is 10.2 Å². The van der Waals surface area contributed by atoms with Crippen LogP contribution in [0.1, 0.15) is 38.5 Å². The Morgan fingerprint density at radius 2 is 1.78 bits per heavy atom. The Morgan fingerprint density at radius 1 is 1.17 bits per heavy atom. The minimum atomic E-state index is -4.79. The first-order chi connectivity index (χ1) is 10.6. The van der Waals surface area contributed by atoms with E-state index >= 15 is 0 Å². The Balaban J connectivity index is 2.74. The highest BCUT2D eigenvalue weighted by Crippen LogP contribution is 2.24. The Kier molecular flexibility index (Phi) is 6.21. The van der Waals surface area contributed by atoms with Crippen LogP contribution < -0.4 is 0 Å². The maximum Gasteiger partial charge on any atom is 0.326 e. The van der Waals surface area contributed by atoms with Crippen LogP contribution in [0.5, 0.6) is 0 Å². The number of rotatable bonds is 9. The van der Waals surface area contributed by atoms with Gasteiger partial charge in [0.15, 0.2) is 5.25 Å². The Bertz CT molecular complexity index is 612. The predicted molar refractivity (Wildman–Crippen MR) is 74.0 cm³/mol. The van der Waals surface area contributed by atoms with E-state index in [1.165, 1.54) is 0 Å². The minimum absolute atomic E-state index is 0.0792. The van der Waals surface area contributed by atoms with Gasteiger partial charge in [-0.05, 0) is 12.8 Å². The number of imide groups is 1. The number of hydrogen-bond acceptors (Lipinski definition) is 6. The number of carboxylic acid groups (broad SMARTS) is 2. The molecule has 0 spiro atoms. The second-order valence-electron chi connectivity index (χ2n) is 5.16. The van der Waals surface area contributed by atoms with E-state index in [9.17, 15) is 27.6 Å². The number of amides is 2. The first-order valence-electron chi connectivity index (χ1n) is 6.82. The molecule has 2 atom stereocenters. The van der Waals surface area contributed by atoms with Gasteiger partial charge in [0.2, 0.25) is 5.91 Å². The molecule has 3 N–H and O–H groups in total. The largest absolute Gasteiger partial charge is 0.481 e. The third-order valence-electron chi connectivity index (χ3n) is 3.47. The summed E-state index contributed by atoms with van der Waals surface area (Å²) < 4.78 is 31.0. The number of carbonyl (C=O) groups is 4. The molecule has 1 rings (SSSR count). The summed E-state index contributed by atoms with van der Waals surface area (Å²) in [6.07, 6.45) is -0.0433. The van der Waals surface area contributed by atoms with Crippen LogP contribution >= 0.6 is 0 Å². The molecule has 0 aromatic rings. The number of unbranched alkanes of at least 4 members (excludes halogenated alkanes) is 2. The van der Waals surface area contributed by atoms with Gasteiger partial charge in [-0.1, -0.05) is 12.8 Å². The number of hydrogen-bond donors (Lipinski definition) is 3. The fourth-order valence-electron chi connectivity index (χ4n) is 2.34. The summed E-state index contributed by atoms with van der Waals surface area (Å²) in [6.45, 7) is 0. The molecule has 0 aliphatic carbocycles. The Morgan fingerprint density at radius 3 is 2.22 bits per heavy atom. The third-order valence-corrected chi connectivity index (χ3v) is 4.55. The molecule has 1 unspecified atom stereocenters. The minimum Gasteiger partial charge on any atom is -0.481 e. The zero-order chi connectivity index (χ0) is 17.8. The first-order valence-corrected chi connectivity index (χ1v) is 8.32. The van der Waals surface area contributed by atoms with Gasteiger partial charge >= 0.3 is 11.9 Å². The maximum absolute atomic E-state index is 11.9. The zero-order valence-corrected chi connectivity index (χ0v) is 12.9. The molecule has 1 fully saturated rings. The molecule has 1 saturated heterocycles. The van der Waals surface area contributed by atoms with Crippen molar-refractivity contribution in [2.45, 2.75) is 49.8 Å². The summed E-state index contributed by atoms with van der Waals surface area (Å²) in [5.74, 6) is -4.69. The van der Waals surface area contributed by atoms with Crippen molar-refractivity contribution in [2.75, 3.05) is 0 Å². The molecule has 2 amide bonds. The van der Waals surface area contributed by atoms with E-state index < -0.39 is 51.6 Å². The summed E-state index contributed by atoms with van der Waals surface area (Å²) >= 11 is 0. The van der Waals surface area contributed by atoms with Crippen molar-refractivity contribution in [2.24, 2.45) is 0 Å². The molecular weight excluding hydrogens is 334 g/mol. The Labute approximate surface area is 131 Å². The van der Waals surface area contributed by atoms with Crippen LogP contribution in [0.3, 0.4) is 0 Å². The number of nitrogens with zero attached hydrogens (tertiary/aromatic N) is 1. The van der Waals surface area contributed by atoms with Gasteiger partial charge in [0.1, 0.15) is 6.04 Å². The molecule has 130 valence electrons. The van der Waals surface area contributed by atoms with Gasteiger partial charge in [-0.3, -0.25) is 23.8 Å². The number of carbonyl (C=O) groups excluding carboxylic acids is 2. The van der Waals surface area contributed by atoms with E-state index in [-0.39, 0.29) is 19.3 Å². The van der Waals surface area contributed by atoms with Gasteiger partial charge in [-0.2, -0.15) is 8.42 Å². The van der Waals surface area contributed by atoms with Crippen molar-refractivity contribution >= 4 is 33.9 Å². The van der Waals surface area contributed by atoms with E-state index in [4.69, 9.17) is 14.8 Å². The quantitative estimate of drug-likeness (QED) is 0.281. The van der Waals surface area contributed by atoms with E-state index in [1.807, 2.05) is 0 Å². The summed E-state index contributed by atoms with van der Waals surface area (Å²) in [4.78, 5) is 45.6. The van der Waals surface area contributed by atoms with Crippen molar-refractivity contribution in [1.82, 2.24) is 4.90 Å². The highest BCUT2D eigenvalue weighted by molar-refractivity contribution is 7.87. The molecule has 0 aromatic carbocycles. The molecule has 11 heteroatoms. The van der Waals surface area contributed by atoms with Crippen LogP contribution in [0.2, 0.25) is 0 Å². The summed E-state index contributed by atoms with van der Waals surface area (Å²) in [6, 6.07) is -1.54. The molecule has 0 radical (unpaired) electrons. The van der Waals surface area contributed by atoms with Crippen molar-refractivity contribution < 1.29 is 42.4 Å². The Hall–Kier alpha value is -2.01. The fourth-order valence-corrected chi connectivity index (χ4v) is 3.06. The van der Waals surface area contributed by atoms with E-state index in [0.717, 1.165) is 0 Å². The van der Waals surface area contributed by atoms with Crippen LogP contribution in [0.15, 0.2) is 0 Å². The molecule has 23 heavy (non-hydrogen) atoms. The SMILES string of the molecule is O=C(O)CCCCCC(C(=O)O)N1C(=O)C[C@H](S(=O)(=O)O)C1=O. The van der Waals surface area contributed by atoms with Crippen molar-refractivity contribution in [3.8, 4) is 0 Å². The van der Waals surface area contributed by atoms with Crippen molar-refractivity contribution in [1.29, 1.82) is 0 Å². The van der Waals surface area contributed by atoms with Gasteiger partial charge in [0.05, 0.1) is 6.42 Å². The standard InChI is InChI=1S/C12H17NO9S/c14-9-6-8(23(20,21)22)11(17)13(9)7(12(18)19)4-2-1-3-5-10(15)16/h7-8H,1-6H2,(H,15,16)(H,18,19)(H,20,21,22)/t7?,8-/m0/s1. The molecule has 0 bridgehead atoms. The summed E-state index contributed by atoms with van der Waals surface area (Å²) in [5.41, 5.74) is 0. The maximum atomic E-state index is 11.9. The number of likely N-dealkylation sites (tertiary alicyclic amines) is 1. The second-order valence-corrected chi connectivity index (χ2v) is 6.76. The van der Waals surface area contributed by atoms with Crippen LogP contribution in [-0.4, -0.2) is 63.1 Å². The van der Waals surface area contributed by atoms with Gasteiger partial charge in [-0.15, -0.1) is 0 Å². The average molecular weight is 351 g/mol. The second kappa shape index (κ2) is 7.51. The smallest absolute Gasteiger partial charge is 0.326 e. The molecular formula is C12H17NO9S. The van der Waals surface area contributed by atoms with Crippen molar-refractivity contribution in [3.63, 3.8) is 0 Å².